The van der Waals surface area contributed by atoms with Gasteiger partial charge in [-0.1, -0.05) is 55.5 Å². The van der Waals surface area contributed by atoms with E-state index in [9.17, 15) is 9.18 Å². The number of nitrogens with zero attached hydrogens (tertiary/aromatic N) is 1. The minimum atomic E-state index is -0.453. The Hall–Kier alpha value is -0.900. The molecule has 0 saturated heterocycles. The lowest BCUT2D eigenvalue weighted by Crippen LogP contribution is -2.33. The van der Waals surface area contributed by atoms with Crippen LogP contribution in [0.4, 0.5) is 4.39 Å². The lowest BCUT2D eigenvalue weighted by molar-refractivity contribution is 0.0745. The lowest BCUT2D eigenvalue weighted by atomic mass is 10.1. The minimum absolute atomic E-state index is 0.172. The third kappa shape index (κ3) is 6.16. The van der Waals surface area contributed by atoms with Gasteiger partial charge in [0, 0.05) is 17.6 Å². The van der Waals surface area contributed by atoms with Crippen molar-refractivity contribution in [3.8, 4) is 0 Å². The highest BCUT2D eigenvalue weighted by Crippen LogP contribution is 2.17. The molecule has 0 unspecified atom stereocenters. The topological polar surface area (TPSA) is 20.3 Å². The zero-order valence-electron chi connectivity index (χ0n) is 13.0. The molecule has 4 heteroatoms. The summed E-state index contributed by atoms with van der Waals surface area (Å²) in [6.45, 7) is 5.70. The molecule has 0 aliphatic heterocycles. The molecule has 2 nitrogen and oxygen atoms in total. The first-order valence-electron chi connectivity index (χ1n) is 7.84. The largest absolute Gasteiger partial charge is 0.339 e. The molecule has 0 aliphatic rings. The molecule has 0 saturated carbocycles. The van der Waals surface area contributed by atoms with Crippen molar-refractivity contribution in [3.63, 3.8) is 0 Å². The van der Waals surface area contributed by atoms with E-state index in [-0.39, 0.29) is 11.5 Å². The summed E-state index contributed by atoms with van der Waals surface area (Å²) in [6.07, 6.45) is 6.38. The monoisotopic (exact) mass is 357 g/mol. The van der Waals surface area contributed by atoms with E-state index in [4.69, 9.17) is 0 Å². The summed E-state index contributed by atoms with van der Waals surface area (Å²) in [5.74, 6) is -0.641. The van der Waals surface area contributed by atoms with Crippen LogP contribution in [0.5, 0.6) is 0 Å². The van der Waals surface area contributed by atoms with E-state index < -0.39 is 5.82 Å². The van der Waals surface area contributed by atoms with Gasteiger partial charge >= 0.3 is 0 Å². The van der Waals surface area contributed by atoms with Gasteiger partial charge in [-0.05, 0) is 31.0 Å². The highest BCUT2D eigenvalue weighted by Gasteiger charge is 2.18. The Bertz CT molecular complexity index is 440. The van der Waals surface area contributed by atoms with Crippen LogP contribution in [0.1, 0.15) is 62.7 Å². The van der Waals surface area contributed by atoms with Crippen LogP contribution in [0.3, 0.4) is 0 Å². The average molecular weight is 358 g/mol. The Balaban J connectivity index is 2.76. The number of hydrogen-bond donors (Lipinski definition) is 0. The van der Waals surface area contributed by atoms with E-state index in [1.54, 1.807) is 17.0 Å². The Morgan fingerprint density at radius 1 is 1.10 bits per heavy atom. The van der Waals surface area contributed by atoms with E-state index in [1.165, 1.54) is 6.07 Å². The number of amides is 1. The van der Waals surface area contributed by atoms with Crippen LogP contribution in [0.15, 0.2) is 22.7 Å². The molecule has 0 fully saturated rings. The van der Waals surface area contributed by atoms with Gasteiger partial charge in [0.15, 0.2) is 0 Å². The van der Waals surface area contributed by atoms with Gasteiger partial charge in [-0.15, -0.1) is 0 Å². The third-order valence-electron chi connectivity index (χ3n) is 3.51. The number of rotatable bonds is 9. The summed E-state index contributed by atoms with van der Waals surface area (Å²) in [7, 11) is 0. The summed E-state index contributed by atoms with van der Waals surface area (Å²) >= 11 is 3.22. The van der Waals surface area contributed by atoms with Crippen molar-refractivity contribution < 1.29 is 9.18 Å². The van der Waals surface area contributed by atoms with Crippen molar-refractivity contribution in [1.29, 1.82) is 0 Å². The predicted octanol–water partition coefficient (Wildman–Crippen LogP) is 5.41. The molecule has 1 amide bonds. The van der Waals surface area contributed by atoms with Gasteiger partial charge in [-0.2, -0.15) is 0 Å². The quantitative estimate of drug-likeness (QED) is 0.541. The number of carbonyl (C=O) groups is 1. The first-order chi connectivity index (χ1) is 10.1. The Morgan fingerprint density at radius 3 is 2.14 bits per heavy atom. The fourth-order valence-electron chi connectivity index (χ4n) is 2.25. The number of carbonyl (C=O) groups excluding carboxylic acids is 1. The molecule has 1 rings (SSSR count). The zero-order valence-corrected chi connectivity index (χ0v) is 14.6. The van der Waals surface area contributed by atoms with E-state index in [2.05, 4.69) is 29.8 Å². The second-order valence-electron chi connectivity index (χ2n) is 5.33. The second-order valence-corrected chi connectivity index (χ2v) is 6.25. The van der Waals surface area contributed by atoms with E-state index in [0.29, 0.717) is 17.6 Å². The molecule has 0 bridgehead atoms. The Morgan fingerprint density at radius 2 is 1.67 bits per heavy atom. The number of halogens is 2. The molecular weight excluding hydrogens is 333 g/mol. The number of hydrogen-bond acceptors (Lipinski definition) is 1. The maximum atomic E-state index is 14.0. The van der Waals surface area contributed by atoms with Gasteiger partial charge in [0.25, 0.3) is 5.91 Å². The van der Waals surface area contributed by atoms with E-state index in [0.717, 1.165) is 38.5 Å². The van der Waals surface area contributed by atoms with Crippen LogP contribution in [0.2, 0.25) is 0 Å². The molecule has 118 valence electrons. The van der Waals surface area contributed by atoms with Gasteiger partial charge in [-0.3, -0.25) is 4.79 Å². The first-order valence-corrected chi connectivity index (χ1v) is 8.63. The van der Waals surface area contributed by atoms with Gasteiger partial charge < -0.3 is 4.90 Å². The van der Waals surface area contributed by atoms with Crippen LogP contribution >= 0.6 is 15.9 Å². The molecule has 1 aromatic rings. The molecular formula is C17H25BrFNO. The molecule has 0 spiro atoms. The molecule has 0 N–H and O–H groups in total. The van der Waals surface area contributed by atoms with Gasteiger partial charge in [-0.25, -0.2) is 4.39 Å². The highest BCUT2D eigenvalue weighted by atomic mass is 79.9. The van der Waals surface area contributed by atoms with Crippen LogP contribution in [-0.4, -0.2) is 23.9 Å². The normalized spacial score (nSPS) is 10.7. The van der Waals surface area contributed by atoms with Crippen LogP contribution < -0.4 is 0 Å². The van der Waals surface area contributed by atoms with Crippen molar-refractivity contribution in [2.24, 2.45) is 0 Å². The predicted molar refractivity (Wildman–Crippen MR) is 89.1 cm³/mol. The van der Waals surface area contributed by atoms with Gasteiger partial charge in [0.2, 0.25) is 0 Å². The maximum absolute atomic E-state index is 14.0. The maximum Gasteiger partial charge on any atom is 0.256 e. The Labute approximate surface area is 135 Å². The summed E-state index contributed by atoms with van der Waals surface area (Å²) in [5.41, 5.74) is 0.172. The number of unbranched alkanes of at least 4 members (excludes halogenated alkanes) is 4. The molecule has 21 heavy (non-hydrogen) atoms. The zero-order chi connectivity index (χ0) is 15.7. The number of benzene rings is 1. The van der Waals surface area contributed by atoms with Crippen molar-refractivity contribution in [1.82, 2.24) is 4.90 Å². The minimum Gasteiger partial charge on any atom is -0.339 e. The van der Waals surface area contributed by atoms with Crippen molar-refractivity contribution in [2.45, 2.75) is 52.4 Å². The SMILES string of the molecule is CCCCCN(CCCCC)C(=O)c1ccc(Br)cc1F. The molecule has 0 heterocycles. The first kappa shape index (κ1) is 18.1. The second kappa shape index (κ2) is 9.93. The van der Waals surface area contributed by atoms with E-state index in [1.807, 2.05) is 0 Å². The smallest absolute Gasteiger partial charge is 0.256 e. The molecule has 1 aromatic carbocycles. The summed E-state index contributed by atoms with van der Waals surface area (Å²) in [4.78, 5) is 14.3. The molecule has 0 atom stereocenters. The van der Waals surface area contributed by atoms with Crippen molar-refractivity contribution in [3.05, 3.63) is 34.1 Å². The third-order valence-corrected chi connectivity index (χ3v) is 4.01. The van der Waals surface area contributed by atoms with Crippen LogP contribution in [0.25, 0.3) is 0 Å². The molecule has 0 aromatic heterocycles. The average Bonchev–Trinajstić information content (AvgIpc) is 2.45. The highest BCUT2D eigenvalue weighted by molar-refractivity contribution is 9.10. The van der Waals surface area contributed by atoms with E-state index >= 15 is 0 Å². The summed E-state index contributed by atoms with van der Waals surface area (Å²) in [6, 6.07) is 4.63. The summed E-state index contributed by atoms with van der Waals surface area (Å²) < 4.78 is 14.6. The van der Waals surface area contributed by atoms with Crippen molar-refractivity contribution in [2.75, 3.05) is 13.1 Å². The summed E-state index contributed by atoms with van der Waals surface area (Å²) in [5, 5.41) is 0. The van der Waals surface area contributed by atoms with Gasteiger partial charge in [0.1, 0.15) is 5.82 Å². The van der Waals surface area contributed by atoms with Gasteiger partial charge in [0.05, 0.1) is 5.56 Å². The van der Waals surface area contributed by atoms with Crippen LogP contribution in [-0.2, 0) is 0 Å². The standard InChI is InChI=1S/C17H25BrFNO/c1-3-5-7-11-20(12-8-6-4-2)17(21)15-10-9-14(18)13-16(15)19/h9-10,13H,3-8,11-12H2,1-2H3. The molecule has 0 aliphatic carbocycles. The molecule has 0 radical (unpaired) electrons. The van der Waals surface area contributed by atoms with Crippen LogP contribution in [0, 0.1) is 5.82 Å². The Kier molecular flexibility index (Phi) is 8.58. The lowest BCUT2D eigenvalue weighted by Gasteiger charge is -2.23. The van der Waals surface area contributed by atoms with Crippen molar-refractivity contribution >= 4 is 21.8 Å². The fraction of sp³-hybridized carbons (Fsp3) is 0.588. The fourth-order valence-corrected chi connectivity index (χ4v) is 2.59.